The molecule has 1 N–H and O–H groups in total. The predicted molar refractivity (Wildman–Crippen MR) is 64.0 cm³/mol. The van der Waals surface area contributed by atoms with Crippen molar-refractivity contribution in [2.24, 2.45) is 0 Å². The van der Waals surface area contributed by atoms with Crippen LogP contribution in [-0.2, 0) is 9.53 Å². The van der Waals surface area contributed by atoms with Gasteiger partial charge in [-0.25, -0.2) is 4.39 Å². The van der Waals surface area contributed by atoms with E-state index in [4.69, 9.17) is 9.84 Å². The lowest BCUT2D eigenvalue weighted by molar-refractivity contribution is -0.137. The van der Waals surface area contributed by atoms with Gasteiger partial charge in [-0.15, -0.1) is 0 Å². The summed E-state index contributed by atoms with van der Waals surface area (Å²) in [6, 6.07) is 0. The molecule has 5 nitrogen and oxygen atoms in total. The molecule has 18 heavy (non-hydrogen) atoms. The maximum atomic E-state index is 14.0. The Balaban J connectivity index is 1.83. The van der Waals surface area contributed by atoms with Crippen molar-refractivity contribution in [3.8, 4) is 0 Å². The van der Waals surface area contributed by atoms with E-state index in [0.29, 0.717) is 39.1 Å². The van der Waals surface area contributed by atoms with Gasteiger partial charge in [-0.05, 0) is 19.4 Å². The van der Waals surface area contributed by atoms with Crippen molar-refractivity contribution in [3.05, 3.63) is 0 Å². The second-order valence-electron chi connectivity index (χ2n) is 5.12. The molecular weight excluding hydrogens is 239 g/mol. The summed E-state index contributed by atoms with van der Waals surface area (Å²) in [6.07, 6.45) is 1.07. The summed E-state index contributed by atoms with van der Waals surface area (Å²) in [4.78, 5) is 15.6. The Hall–Kier alpha value is -0.720. The molecule has 0 bridgehead atoms. The van der Waals surface area contributed by atoms with Crippen LogP contribution >= 0.6 is 0 Å². The number of hydrogen-bond donors (Lipinski definition) is 1. The molecule has 1 amide bonds. The Kier molecular flexibility index (Phi) is 4.53. The third-order valence-electron chi connectivity index (χ3n) is 3.61. The molecule has 1 atom stereocenters. The fourth-order valence-electron chi connectivity index (χ4n) is 2.55. The number of carbonyl (C=O) groups is 1. The largest absolute Gasteiger partial charge is 0.393 e. The van der Waals surface area contributed by atoms with Gasteiger partial charge in [0.1, 0.15) is 5.67 Å². The fourth-order valence-corrected chi connectivity index (χ4v) is 2.55. The third kappa shape index (κ3) is 3.40. The summed E-state index contributed by atoms with van der Waals surface area (Å²) in [5, 5.41) is 9.04. The molecule has 0 aliphatic carbocycles. The lowest BCUT2D eigenvalue weighted by Gasteiger charge is -2.37. The topological polar surface area (TPSA) is 53.0 Å². The molecule has 0 saturated carbocycles. The van der Waals surface area contributed by atoms with E-state index < -0.39 is 12.3 Å². The Morgan fingerprint density at radius 1 is 1.33 bits per heavy atom. The molecule has 2 aliphatic heterocycles. The molecule has 2 saturated heterocycles. The van der Waals surface area contributed by atoms with Crippen molar-refractivity contribution in [3.63, 3.8) is 0 Å². The number of amides is 1. The molecular formula is C12H21FN2O3. The number of rotatable bonds is 3. The molecule has 0 radical (unpaired) electrons. The van der Waals surface area contributed by atoms with Gasteiger partial charge in [0.05, 0.1) is 26.4 Å². The molecule has 0 aromatic heterocycles. The summed E-state index contributed by atoms with van der Waals surface area (Å²) in [6.45, 7) is 3.05. The summed E-state index contributed by atoms with van der Waals surface area (Å²) >= 11 is 0. The Bertz CT molecular complexity index is 297. The minimum atomic E-state index is -1.54. The molecule has 6 heteroatoms. The second kappa shape index (κ2) is 5.95. The third-order valence-corrected chi connectivity index (χ3v) is 3.61. The summed E-state index contributed by atoms with van der Waals surface area (Å²) in [5.41, 5.74) is -1.54. The van der Waals surface area contributed by atoms with Crippen LogP contribution in [0.1, 0.15) is 12.8 Å². The highest BCUT2D eigenvalue weighted by molar-refractivity contribution is 5.78. The average Bonchev–Trinajstić information content (AvgIpc) is 2.40. The van der Waals surface area contributed by atoms with Crippen LogP contribution in [0.5, 0.6) is 0 Å². The smallest absolute Gasteiger partial charge is 0.236 e. The molecule has 104 valence electrons. The minimum absolute atomic E-state index is 0.0282. The second-order valence-corrected chi connectivity index (χ2v) is 5.12. The fraction of sp³-hybridized carbons (Fsp3) is 0.917. The SMILES string of the molecule is O=C(CN1CCCC(F)(CO)C1)N1CCOCC1. The zero-order chi connectivity index (χ0) is 13.0. The number of aliphatic hydroxyl groups excluding tert-OH is 1. The normalized spacial score (nSPS) is 30.4. The number of halogens is 1. The lowest BCUT2D eigenvalue weighted by Crippen LogP contribution is -2.52. The van der Waals surface area contributed by atoms with Crippen LogP contribution < -0.4 is 0 Å². The van der Waals surface area contributed by atoms with Crippen molar-refractivity contribution in [1.82, 2.24) is 9.80 Å². The quantitative estimate of drug-likeness (QED) is 0.753. The molecule has 2 rings (SSSR count). The molecule has 2 fully saturated rings. The van der Waals surface area contributed by atoms with Gasteiger partial charge in [-0.2, -0.15) is 0 Å². The minimum Gasteiger partial charge on any atom is -0.393 e. The number of nitrogens with zero attached hydrogens (tertiary/aromatic N) is 2. The van der Waals surface area contributed by atoms with E-state index in [0.717, 1.165) is 6.54 Å². The molecule has 0 spiro atoms. The standard InChI is InChI=1S/C12H21FN2O3/c13-12(10-16)2-1-3-14(9-12)8-11(17)15-4-6-18-7-5-15/h16H,1-10H2. The number of alkyl halides is 1. The number of ether oxygens (including phenoxy) is 1. The first-order valence-electron chi connectivity index (χ1n) is 6.51. The molecule has 1 unspecified atom stereocenters. The molecule has 2 heterocycles. The van der Waals surface area contributed by atoms with Gasteiger partial charge in [0.25, 0.3) is 0 Å². The van der Waals surface area contributed by atoms with Crippen LogP contribution in [0.25, 0.3) is 0 Å². The zero-order valence-corrected chi connectivity index (χ0v) is 10.6. The van der Waals surface area contributed by atoms with Crippen molar-refractivity contribution >= 4 is 5.91 Å². The van der Waals surface area contributed by atoms with Crippen molar-refractivity contribution in [2.75, 3.05) is 52.5 Å². The number of carbonyl (C=O) groups excluding carboxylic acids is 1. The van der Waals surface area contributed by atoms with Crippen molar-refractivity contribution in [2.45, 2.75) is 18.5 Å². The van der Waals surface area contributed by atoms with Gasteiger partial charge in [0, 0.05) is 19.6 Å². The van der Waals surface area contributed by atoms with E-state index in [2.05, 4.69) is 0 Å². The van der Waals surface area contributed by atoms with Gasteiger partial charge in [0.2, 0.25) is 5.91 Å². The van der Waals surface area contributed by atoms with Crippen molar-refractivity contribution in [1.29, 1.82) is 0 Å². The first kappa shape index (κ1) is 13.7. The van der Waals surface area contributed by atoms with Crippen LogP contribution in [0.15, 0.2) is 0 Å². The zero-order valence-electron chi connectivity index (χ0n) is 10.6. The van der Waals surface area contributed by atoms with E-state index >= 15 is 0 Å². The predicted octanol–water partition coefficient (Wildman–Crippen LogP) is -0.358. The number of hydrogen-bond acceptors (Lipinski definition) is 4. The van der Waals surface area contributed by atoms with E-state index in [1.165, 1.54) is 0 Å². The van der Waals surface area contributed by atoms with Crippen molar-refractivity contribution < 1.29 is 19.0 Å². The Morgan fingerprint density at radius 2 is 2.06 bits per heavy atom. The maximum Gasteiger partial charge on any atom is 0.236 e. The number of morpholine rings is 1. The highest BCUT2D eigenvalue weighted by Crippen LogP contribution is 2.24. The van der Waals surface area contributed by atoms with Gasteiger partial charge in [0.15, 0.2) is 0 Å². The van der Waals surface area contributed by atoms with E-state index in [9.17, 15) is 9.18 Å². The first-order chi connectivity index (χ1) is 8.63. The van der Waals surface area contributed by atoms with Gasteiger partial charge < -0.3 is 14.7 Å². The highest BCUT2D eigenvalue weighted by atomic mass is 19.1. The van der Waals surface area contributed by atoms with Gasteiger partial charge in [-0.1, -0.05) is 0 Å². The molecule has 0 aromatic carbocycles. The summed E-state index contributed by atoms with van der Waals surface area (Å²) < 4.78 is 19.2. The van der Waals surface area contributed by atoms with Crippen LogP contribution in [0, 0.1) is 0 Å². The van der Waals surface area contributed by atoms with Crippen LogP contribution in [0.3, 0.4) is 0 Å². The van der Waals surface area contributed by atoms with Crippen LogP contribution in [-0.4, -0.2) is 79.0 Å². The summed E-state index contributed by atoms with van der Waals surface area (Å²) in [7, 11) is 0. The van der Waals surface area contributed by atoms with E-state index in [1.807, 2.05) is 0 Å². The molecule has 2 aliphatic rings. The lowest BCUT2D eigenvalue weighted by atomic mass is 9.95. The maximum absolute atomic E-state index is 14.0. The number of aliphatic hydroxyl groups is 1. The monoisotopic (exact) mass is 260 g/mol. The van der Waals surface area contributed by atoms with E-state index in [1.54, 1.807) is 9.80 Å². The van der Waals surface area contributed by atoms with Crippen LogP contribution in [0.2, 0.25) is 0 Å². The molecule has 0 aromatic rings. The Morgan fingerprint density at radius 3 is 2.72 bits per heavy atom. The number of piperidine rings is 1. The van der Waals surface area contributed by atoms with Gasteiger partial charge in [-0.3, -0.25) is 9.69 Å². The first-order valence-corrected chi connectivity index (χ1v) is 6.51. The van der Waals surface area contributed by atoms with Gasteiger partial charge >= 0.3 is 0 Å². The highest BCUT2D eigenvalue weighted by Gasteiger charge is 2.35. The Labute approximate surface area is 106 Å². The van der Waals surface area contributed by atoms with E-state index in [-0.39, 0.29) is 19.0 Å². The van der Waals surface area contributed by atoms with Crippen LogP contribution in [0.4, 0.5) is 4.39 Å². The number of likely N-dealkylation sites (tertiary alicyclic amines) is 1. The average molecular weight is 260 g/mol. The summed E-state index contributed by atoms with van der Waals surface area (Å²) in [5.74, 6) is 0.0282.